The molecular formula is C18H26N2S. The van der Waals surface area contributed by atoms with Gasteiger partial charge in [0.25, 0.3) is 0 Å². The fraction of sp³-hybridized carbons (Fsp3) is 0.500. The zero-order valence-corrected chi connectivity index (χ0v) is 14.7. The summed E-state index contributed by atoms with van der Waals surface area (Å²) in [5.41, 5.74) is 3.91. The van der Waals surface area contributed by atoms with E-state index in [0.717, 1.165) is 5.01 Å². The Morgan fingerprint density at radius 2 is 1.48 bits per heavy atom. The van der Waals surface area contributed by atoms with E-state index in [4.69, 9.17) is 0 Å². The quantitative estimate of drug-likeness (QED) is 0.811. The molecule has 0 amide bonds. The van der Waals surface area contributed by atoms with Crippen LogP contribution < -0.4 is 5.32 Å². The number of hydrogen-bond donors (Lipinski definition) is 1. The average Bonchev–Trinajstić information content (AvgIpc) is 2.77. The van der Waals surface area contributed by atoms with Crippen LogP contribution in [0.4, 0.5) is 0 Å². The van der Waals surface area contributed by atoms with Crippen molar-refractivity contribution < 1.29 is 0 Å². The molecule has 2 rings (SSSR count). The van der Waals surface area contributed by atoms with Gasteiger partial charge in [0.05, 0.1) is 10.7 Å². The predicted molar refractivity (Wildman–Crippen MR) is 92.1 cm³/mol. The first-order chi connectivity index (χ1) is 9.88. The average molecular weight is 302 g/mol. The Bertz CT molecular complexity index is 584. The minimum atomic E-state index is 0.273. The van der Waals surface area contributed by atoms with Crippen LogP contribution >= 0.6 is 11.3 Å². The molecule has 114 valence electrons. The zero-order valence-electron chi connectivity index (χ0n) is 13.9. The molecule has 1 N–H and O–H groups in total. The summed E-state index contributed by atoms with van der Waals surface area (Å²) >= 11 is 1.77. The highest BCUT2D eigenvalue weighted by Gasteiger charge is 2.16. The van der Waals surface area contributed by atoms with Crippen LogP contribution in [0.1, 0.15) is 72.4 Å². The van der Waals surface area contributed by atoms with Crippen LogP contribution in [-0.4, -0.2) is 4.98 Å². The molecule has 0 bridgehead atoms. The Labute approximate surface area is 132 Å². The van der Waals surface area contributed by atoms with Crippen LogP contribution in [0.25, 0.3) is 0 Å². The van der Waals surface area contributed by atoms with Crippen molar-refractivity contribution in [2.24, 2.45) is 0 Å². The predicted octanol–water partition coefficient (Wildman–Crippen LogP) is 5.30. The van der Waals surface area contributed by atoms with E-state index in [1.54, 1.807) is 11.3 Å². The van der Waals surface area contributed by atoms with Gasteiger partial charge in [-0.15, -0.1) is 11.3 Å². The first-order valence-electron chi connectivity index (χ1n) is 7.68. The highest BCUT2D eigenvalue weighted by molar-refractivity contribution is 7.11. The summed E-state index contributed by atoms with van der Waals surface area (Å²) in [5.74, 6) is 0.585. The van der Waals surface area contributed by atoms with Crippen molar-refractivity contribution >= 4 is 11.3 Å². The number of thiazole rings is 1. The van der Waals surface area contributed by atoms with Gasteiger partial charge in [-0.05, 0) is 44.7 Å². The molecular weight excluding hydrogens is 276 g/mol. The van der Waals surface area contributed by atoms with Gasteiger partial charge in [-0.3, -0.25) is 0 Å². The molecule has 0 radical (unpaired) electrons. The molecule has 2 atom stereocenters. The molecule has 0 saturated carbocycles. The molecule has 1 aromatic carbocycles. The number of hydrogen-bond acceptors (Lipinski definition) is 3. The van der Waals surface area contributed by atoms with Gasteiger partial charge >= 0.3 is 0 Å². The van der Waals surface area contributed by atoms with E-state index >= 15 is 0 Å². The number of aryl methyl sites for hydroxylation is 2. The second kappa shape index (κ2) is 6.71. The number of nitrogens with one attached hydrogen (secondary N) is 1. The van der Waals surface area contributed by atoms with Crippen molar-refractivity contribution in [1.29, 1.82) is 0 Å². The second-order valence-electron chi connectivity index (χ2n) is 6.11. The number of rotatable bonds is 5. The lowest BCUT2D eigenvalue weighted by atomic mass is 9.99. The smallest absolute Gasteiger partial charge is 0.0900 e. The lowest BCUT2D eigenvalue weighted by Crippen LogP contribution is -2.23. The Balaban J connectivity index is 2.06. The van der Waals surface area contributed by atoms with Crippen molar-refractivity contribution in [2.75, 3.05) is 0 Å². The highest BCUT2D eigenvalue weighted by atomic mass is 32.1. The fourth-order valence-corrected chi connectivity index (χ4v) is 3.58. The number of benzene rings is 1. The largest absolute Gasteiger partial charge is 0.302 e. The van der Waals surface area contributed by atoms with E-state index in [2.05, 4.69) is 76.1 Å². The topological polar surface area (TPSA) is 24.9 Å². The molecule has 1 heterocycles. The van der Waals surface area contributed by atoms with Gasteiger partial charge in [-0.1, -0.05) is 38.1 Å². The number of aromatic nitrogens is 1. The summed E-state index contributed by atoms with van der Waals surface area (Å²) in [4.78, 5) is 5.96. The minimum absolute atomic E-state index is 0.273. The lowest BCUT2D eigenvalue weighted by molar-refractivity contribution is 0.486. The van der Waals surface area contributed by atoms with E-state index in [0.29, 0.717) is 12.0 Å². The normalized spacial score (nSPS) is 14.4. The van der Waals surface area contributed by atoms with Gasteiger partial charge < -0.3 is 5.32 Å². The van der Waals surface area contributed by atoms with Crippen LogP contribution in [0.3, 0.4) is 0 Å². The molecule has 2 unspecified atom stereocenters. The molecule has 0 aliphatic rings. The summed E-state index contributed by atoms with van der Waals surface area (Å²) < 4.78 is 0. The van der Waals surface area contributed by atoms with Crippen LogP contribution in [-0.2, 0) is 0 Å². The molecule has 0 aliphatic heterocycles. The standard InChI is InChI=1S/C18H26N2S/c1-11(2)16-7-9-17(10-8-16)12(3)19-13(4)18-14(5)21-15(6)20-18/h7-13,19H,1-6H3. The second-order valence-corrected chi connectivity index (χ2v) is 7.51. The van der Waals surface area contributed by atoms with E-state index < -0.39 is 0 Å². The van der Waals surface area contributed by atoms with Crippen molar-refractivity contribution in [3.63, 3.8) is 0 Å². The van der Waals surface area contributed by atoms with Crippen LogP contribution in [0.5, 0.6) is 0 Å². The number of nitrogens with zero attached hydrogens (tertiary/aromatic N) is 1. The van der Waals surface area contributed by atoms with Gasteiger partial charge in [0.15, 0.2) is 0 Å². The maximum absolute atomic E-state index is 4.65. The Kier molecular flexibility index (Phi) is 5.17. The summed E-state index contributed by atoms with van der Waals surface area (Å²) in [6, 6.07) is 9.54. The van der Waals surface area contributed by atoms with Crippen molar-refractivity contribution in [3.05, 3.63) is 51.0 Å². The molecule has 0 spiro atoms. The molecule has 21 heavy (non-hydrogen) atoms. The van der Waals surface area contributed by atoms with Gasteiger partial charge in [-0.25, -0.2) is 4.98 Å². The van der Waals surface area contributed by atoms with Gasteiger partial charge in [-0.2, -0.15) is 0 Å². The Morgan fingerprint density at radius 3 is 1.95 bits per heavy atom. The SMILES string of the molecule is Cc1nc(C(C)NC(C)c2ccc(C(C)C)cc2)c(C)s1. The Morgan fingerprint density at radius 1 is 0.905 bits per heavy atom. The minimum Gasteiger partial charge on any atom is -0.302 e. The third-order valence-corrected chi connectivity index (χ3v) is 4.85. The third-order valence-electron chi connectivity index (χ3n) is 3.95. The molecule has 0 saturated heterocycles. The molecule has 3 heteroatoms. The maximum Gasteiger partial charge on any atom is 0.0900 e. The van der Waals surface area contributed by atoms with Crippen molar-refractivity contribution in [2.45, 2.75) is 59.5 Å². The lowest BCUT2D eigenvalue weighted by Gasteiger charge is -2.20. The molecule has 2 nitrogen and oxygen atoms in total. The summed E-state index contributed by atoms with van der Waals surface area (Å²) in [7, 11) is 0. The maximum atomic E-state index is 4.65. The van der Waals surface area contributed by atoms with E-state index in [-0.39, 0.29) is 6.04 Å². The molecule has 0 fully saturated rings. The first-order valence-corrected chi connectivity index (χ1v) is 8.50. The monoisotopic (exact) mass is 302 g/mol. The van der Waals surface area contributed by atoms with Gasteiger partial charge in [0.1, 0.15) is 0 Å². The zero-order chi connectivity index (χ0) is 15.6. The van der Waals surface area contributed by atoms with Gasteiger partial charge in [0.2, 0.25) is 0 Å². The van der Waals surface area contributed by atoms with Gasteiger partial charge in [0, 0.05) is 17.0 Å². The fourth-order valence-electron chi connectivity index (χ4n) is 2.67. The molecule has 1 aromatic heterocycles. The van der Waals surface area contributed by atoms with E-state index in [9.17, 15) is 0 Å². The van der Waals surface area contributed by atoms with Crippen LogP contribution in [0.2, 0.25) is 0 Å². The Hall–Kier alpha value is -1.19. The van der Waals surface area contributed by atoms with E-state index in [1.165, 1.54) is 21.7 Å². The third kappa shape index (κ3) is 3.92. The highest BCUT2D eigenvalue weighted by Crippen LogP contribution is 2.25. The van der Waals surface area contributed by atoms with Crippen molar-refractivity contribution in [3.8, 4) is 0 Å². The van der Waals surface area contributed by atoms with Crippen molar-refractivity contribution in [1.82, 2.24) is 10.3 Å². The van der Waals surface area contributed by atoms with Crippen LogP contribution in [0.15, 0.2) is 24.3 Å². The molecule has 2 aromatic rings. The van der Waals surface area contributed by atoms with E-state index in [1.807, 2.05) is 0 Å². The summed E-state index contributed by atoms with van der Waals surface area (Å²) in [6.07, 6.45) is 0. The van der Waals surface area contributed by atoms with Crippen LogP contribution in [0, 0.1) is 13.8 Å². The summed E-state index contributed by atoms with van der Waals surface area (Å²) in [5, 5.41) is 4.80. The molecule has 0 aliphatic carbocycles. The summed E-state index contributed by atoms with van der Waals surface area (Å²) in [6.45, 7) is 13.1. The first kappa shape index (κ1) is 16.2.